The fourth-order valence-corrected chi connectivity index (χ4v) is 1.33. The van der Waals surface area contributed by atoms with Gasteiger partial charge in [-0.05, 0) is 6.42 Å². The molecule has 1 rings (SSSR count). The molecule has 1 aliphatic heterocycles. The van der Waals surface area contributed by atoms with Gasteiger partial charge in [-0.15, -0.1) is 0 Å². The van der Waals surface area contributed by atoms with Gasteiger partial charge in [0.1, 0.15) is 13.2 Å². The molecule has 19 heavy (non-hydrogen) atoms. The fourth-order valence-electron chi connectivity index (χ4n) is 1.33. The van der Waals surface area contributed by atoms with Gasteiger partial charge in [-0.1, -0.05) is 13.5 Å². The maximum absolute atomic E-state index is 10.8. The summed E-state index contributed by atoms with van der Waals surface area (Å²) < 4.78 is 25.0. The van der Waals surface area contributed by atoms with Crippen LogP contribution in [0.25, 0.3) is 0 Å². The van der Waals surface area contributed by atoms with Gasteiger partial charge in [-0.3, -0.25) is 0 Å². The highest BCUT2D eigenvalue weighted by Crippen LogP contribution is 2.09. The smallest absolute Gasteiger partial charge is 0.460 e. The van der Waals surface area contributed by atoms with E-state index in [2.05, 4.69) is 11.3 Å². The zero-order valence-corrected chi connectivity index (χ0v) is 10.8. The number of carbonyl (C=O) groups excluding carboxylic acids is 2. The minimum atomic E-state index is -0.682. The highest BCUT2D eigenvalue weighted by atomic mass is 16.8. The van der Waals surface area contributed by atoms with E-state index in [9.17, 15) is 9.59 Å². The monoisotopic (exact) mass is 274 g/mol. The van der Waals surface area contributed by atoms with Crippen LogP contribution in [0, 0.1) is 0 Å². The topological polar surface area (TPSA) is 80.3 Å². The molecule has 1 saturated heterocycles. The van der Waals surface area contributed by atoms with Crippen LogP contribution in [0.3, 0.4) is 0 Å². The van der Waals surface area contributed by atoms with E-state index in [0.29, 0.717) is 6.42 Å². The Morgan fingerprint density at radius 2 is 2.32 bits per heavy atom. The Kier molecular flexibility index (Phi) is 6.91. The number of esters is 1. The second-order valence-corrected chi connectivity index (χ2v) is 3.71. The lowest BCUT2D eigenvalue weighted by atomic mass is 10.4. The zero-order valence-electron chi connectivity index (χ0n) is 10.8. The van der Waals surface area contributed by atoms with E-state index in [1.807, 2.05) is 6.92 Å². The molecule has 0 spiro atoms. The quantitative estimate of drug-likeness (QED) is 0.269. The first-order chi connectivity index (χ1) is 9.15. The highest BCUT2D eigenvalue weighted by molar-refractivity contribution is 5.81. The molecule has 7 heteroatoms. The Hall–Kier alpha value is -1.60. The summed E-state index contributed by atoms with van der Waals surface area (Å²) in [6.45, 7) is 5.91. The maximum Gasteiger partial charge on any atom is 0.508 e. The van der Waals surface area contributed by atoms with Crippen molar-refractivity contribution in [1.82, 2.24) is 0 Å². The molecule has 1 fully saturated rings. The lowest BCUT2D eigenvalue weighted by Gasteiger charge is -2.18. The normalized spacial score (nSPS) is 19.4. The SMILES string of the molecule is C=CC(=O)OCCOC(CC)OCC1COC(=O)O1. The Labute approximate surface area is 111 Å². The van der Waals surface area contributed by atoms with Gasteiger partial charge in [-0.25, -0.2) is 9.59 Å². The third-order valence-corrected chi connectivity index (χ3v) is 2.25. The van der Waals surface area contributed by atoms with Crippen LogP contribution in [-0.2, 0) is 28.5 Å². The van der Waals surface area contributed by atoms with Gasteiger partial charge in [-0.2, -0.15) is 0 Å². The van der Waals surface area contributed by atoms with Crippen molar-refractivity contribution in [2.75, 3.05) is 26.4 Å². The van der Waals surface area contributed by atoms with E-state index in [4.69, 9.17) is 18.9 Å². The molecule has 0 aromatic rings. The Morgan fingerprint density at radius 1 is 1.53 bits per heavy atom. The molecule has 0 N–H and O–H groups in total. The minimum absolute atomic E-state index is 0.131. The number of carbonyl (C=O) groups is 2. The Balaban J connectivity index is 2.10. The van der Waals surface area contributed by atoms with Crippen molar-refractivity contribution in [3.63, 3.8) is 0 Å². The van der Waals surface area contributed by atoms with Crippen LogP contribution in [0.15, 0.2) is 12.7 Å². The molecule has 1 aliphatic rings. The first-order valence-corrected chi connectivity index (χ1v) is 6.01. The molecule has 1 heterocycles. The van der Waals surface area contributed by atoms with E-state index < -0.39 is 24.5 Å². The van der Waals surface area contributed by atoms with Crippen molar-refractivity contribution in [3.05, 3.63) is 12.7 Å². The Morgan fingerprint density at radius 3 is 2.89 bits per heavy atom. The van der Waals surface area contributed by atoms with Crippen molar-refractivity contribution < 1.29 is 33.3 Å². The Bertz CT molecular complexity index is 315. The van der Waals surface area contributed by atoms with Crippen molar-refractivity contribution in [3.8, 4) is 0 Å². The van der Waals surface area contributed by atoms with E-state index in [1.165, 1.54) is 0 Å². The summed E-state index contributed by atoms with van der Waals surface area (Å²) in [7, 11) is 0. The van der Waals surface area contributed by atoms with Crippen molar-refractivity contribution in [2.24, 2.45) is 0 Å². The molecule has 0 radical (unpaired) electrons. The molecular formula is C12H18O7. The third kappa shape index (κ3) is 6.21. The van der Waals surface area contributed by atoms with Crippen LogP contribution >= 0.6 is 0 Å². The number of ether oxygens (including phenoxy) is 5. The summed E-state index contributed by atoms with van der Waals surface area (Å²) in [5.41, 5.74) is 0. The molecule has 0 aromatic heterocycles. The van der Waals surface area contributed by atoms with Gasteiger partial charge < -0.3 is 23.7 Å². The summed E-state index contributed by atoms with van der Waals surface area (Å²) in [6.07, 6.45) is 0.184. The van der Waals surface area contributed by atoms with Crippen LogP contribution in [0.1, 0.15) is 13.3 Å². The molecule has 2 atom stereocenters. The van der Waals surface area contributed by atoms with Crippen molar-refractivity contribution in [1.29, 1.82) is 0 Å². The van der Waals surface area contributed by atoms with Gasteiger partial charge in [0.05, 0.1) is 13.2 Å². The van der Waals surface area contributed by atoms with Gasteiger partial charge in [0, 0.05) is 6.08 Å². The summed E-state index contributed by atoms with van der Waals surface area (Å²) in [5.74, 6) is -0.493. The second-order valence-electron chi connectivity index (χ2n) is 3.71. The molecule has 2 unspecified atom stereocenters. The van der Waals surface area contributed by atoms with E-state index in [-0.39, 0.29) is 26.4 Å². The number of hydrogen-bond donors (Lipinski definition) is 0. The lowest BCUT2D eigenvalue weighted by Crippen LogP contribution is -2.26. The first-order valence-electron chi connectivity index (χ1n) is 6.01. The number of rotatable bonds is 9. The van der Waals surface area contributed by atoms with E-state index in [1.54, 1.807) is 0 Å². The predicted molar refractivity (Wildman–Crippen MR) is 63.4 cm³/mol. The minimum Gasteiger partial charge on any atom is -0.460 e. The molecule has 0 aliphatic carbocycles. The number of hydrogen-bond acceptors (Lipinski definition) is 7. The van der Waals surface area contributed by atoms with Gasteiger partial charge >= 0.3 is 12.1 Å². The average molecular weight is 274 g/mol. The zero-order chi connectivity index (χ0) is 14.1. The largest absolute Gasteiger partial charge is 0.508 e. The summed E-state index contributed by atoms with van der Waals surface area (Å²) in [6, 6.07) is 0. The molecule has 7 nitrogen and oxygen atoms in total. The van der Waals surface area contributed by atoms with Crippen molar-refractivity contribution >= 4 is 12.1 Å². The van der Waals surface area contributed by atoms with Crippen LogP contribution in [0.5, 0.6) is 0 Å². The van der Waals surface area contributed by atoms with Crippen LogP contribution in [0.4, 0.5) is 4.79 Å². The van der Waals surface area contributed by atoms with Gasteiger partial charge in [0.2, 0.25) is 0 Å². The number of cyclic esters (lactones) is 2. The first kappa shape index (κ1) is 15.5. The predicted octanol–water partition coefficient (Wildman–Crippen LogP) is 1.02. The molecular weight excluding hydrogens is 256 g/mol. The lowest BCUT2D eigenvalue weighted by molar-refractivity contribution is -0.166. The summed E-state index contributed by atoms with van der Waals surface area (Å²) in [4.78, 5) is 21.5. The average Bonchev–Trinajstić information content (AvgIpc) is 2.83. The molecule has 0 saturated carbocycles. The van der Waals surface area contributed by atoms with Crippen molar-refractivity contribution in [2.45, 2.75) is 25.7 Å². The molecule has 108 valence electrons. The van der Waals surface area contributed by atoms with Gasteiger partial charge in [0.25, 0.3) is 0 Å². The summed E-state index contributed by atoms with van der Waals surface area (Å²) in [5, 5.41) is 0. The van der Waals surface area contributed by atoms with E-state index >= 15 is 0 Å². The summed E-state index contributed by atoms with van der Waals surface area (Å²) >= 11 is 0. The molecule has 0 bridgehead atoms. The fraction of sp³-hybridized carbons (Fsp3) is 0.667. The second kappa shape index (κ2) is 8.49. The maximum atomic E-state index is 10.8. The highest BCUT2D eigenvalue weighted by Gasteiger charge is 2.26. The third-order valence-electron chi connectivity index (χ3n) is 2.25. The van der Waals surface area contributed by atoms with Crippen LogP contribution in [0.2, 0.25) is 0 Å². The standard InChI is InChI=1S/C12H18O7/c1-3-10(13)15-5-6-16-11(4-2)17-7-9-8-18-12(14)19-9/h3,9,11H,1,4-8H2,2H3. The van der Waals surface area contributed by atoms with Gasteiger partial charge in [0.15, 0.2) is 12.4 Å². The van der Waals surface area contributed by atoms with Crippen LogP contribution in [-0.4, -0.2) is 50.9 Å². The van der Waals surface area contributed by atoms with Crippen LogP contribution < -0.4 is 0 Å². The van der Waals surface area contributed by atoms with E-state index in [0.717, 1.165) is 6.08 Å². The molecule has 0 amide bonds. The molecule has 0 aromatic carbocycles.